The van der Waals surface area contributed by atoms with Gasteiger partial charge in [-0.1, -0.05) is 0 Å². The second kappa shape index (κ2) is 3.69. The predicted octanol–water partition coefficient (Wildman–Crippen LogP) is 0.311. The third kappa shape index (κ3) is 2.48. The Balaban J connectivity index is 2.45. The molecule has 0 aromatic carbocycles. The molecular formula is C7H12O4. The van der Waals surface area contributed by atoms with Crippen LogP contribution in [-0.2, 0) is 19.0 Å². The molecular weight excluding hydrogens is 148 g/mol. The zero-order chi connectivity index (χ0) is 8.27. The monoisotopic (exact) mass is 160 g/mol. The third-order valence-electron chi connectivity index (χ3n) is 1.40. The van der Waals surface area contributed by atoms with Gasteiger partial charge in [-0.25, -0.2) is 4.79 Å². The van der Waals surface area contributed by atoms with E-state index in [4.69, 9.17) is 14.2 Å². The number of rotatable bonds is 0. The van der Waals surface area contributed by atoms with Gasteiger partial charge in [0.25, 0.3) is 0 Å². The zero-order valence-corrected chi connectivity index (χ0v) is 6.70. The first-order valence-electron chi connectivity index (χ1n) is 3.60. The summed E-state index contributed by atoms with van der Waals surface area (Å²) in [7, 11) is 0. The Hall–Kier alpha value is -0.610. The van der Waals surface area contributed by atoms with Crippen LogP contribution in [-0.4, -0.2) is 31.6 Å². The standard InChI is InChI=1S/C7H12O4/c1-5-3-9-4-10-6(2)7(8)11-5/h5-6H,3-4H2,1-2H3. The van der Waals surface area contributed by atoms with Crippen molar-refractivity contribution in [3.8, 4) is 0 Å². The Bertz CT molecular complexity index is 145. The minimum Gasteiger partial charge on any atom is -0.458 e. The SMILES string of the molecule is CC1COCOC(C)C(=O)O1. The van der Waals surface area contributed by atoms with Crippen molar-refractivity contribution in [2.45, 2.75) is 26.1 Å². The highest BCUT2D eigenvalue weighted by molar-refractivity contribution is 5.74. The zero-order valence-electron chi connectivity index (χ0n) is 6.70. The highest BCUT2D eigenvalue weighted by Gasteiger charge is 2.20. The summed E-state index contributed by atoms with van der Waals surface area (Å²) in [5.74, 6) is -0.319. The van der Waals surface area contributed by atoms with Crippen LogP contribution in [0.3, 0.4) is 0 Å². The first-order chi connectivity index (χ1) is 5.20. The normalized spacial score (nSPS) is 33.8. The number of ether oxygens (including phenoxy) is 3. The Labute approximate surface area is 65.4 Å². The van der Waals surface area contributed by atoms with Crippen molar-refractivity contribution >= 4 is 5.97 Å². The highest BCUT2D eigenvalue weighted by atomic mass is 16.7. The van der Waals surface area contributed by atoms with Crippen LogP contribution in [0.4, 0.5) is 0 Å². The van der Waals surface area contributed by atoms with Crippen molar-refractivity contribution < 1.29 is 19.0 Å². The number of esters is 1. The predicted molar refractivity (Wildman–Crippen MR) is 36.9 cm³/mol. The molecule has 0 saturated carbocycles. The van der Waals surface area contributed by atoms with Crippen molar-refractivity contribution in [3.05, 3.63) is 0 Å². The molecule has 11 heavy (non-hydrogen) atoms. The van der Waals surface area contributed by atoms with Crippen LogP contribution in [0.5, 0.6) is 0 Å². The fourth-order valence-electron chi connectivity index (χ4n) is 0.760. The van der Waals surface area contributed by atoms with Gasteiger partial charge in [-0.05, 0) is 13.8 Å². The molecule has 0 spiro atoms. The average Bonchev–Trinajstić information content (AvgIpc) is 1.95. The summed E-state index contributed by atoms with van der Waals surface area (Å²) >= 11 is 0. The molecule has 1 aliphatic heterocycles. The molecule has 1 heterocycles. The molecule has 1 saturated heterocycles. The smallest absolute Gasteiger partial charge is 0.335 e. The lowest BCUT2D eigenvalue weighted by Crippen LogP contribution is -2.33. The second-order valence-corrected chi connectivity index (χ2v) is 2.55. The van der Waals surface area contributed by atoms with Crippen molar-refractivity contribution in [1.82, 2.24) is 0 Å². The summed E-state index contributed by atoms with van der Waals surface area (Å²) in [6.45, 7) is 4.00. The summed E-state index contributed by atoms with van der Waals surface area (Å²) in [6, 6.07) is 0. The summed E-state index contributed by atoms with van der Waals surface area (Å²) < 4.78 is 14.9. The quantitative estimate of drug-likeness (QED) is 0.478. The van der Waals surface area contributed by atoms with Crippen LogP contribution in [0.1, 0.15) is 13.8 Å². The lowest BCUT2D eigenvalue weighted by atomic mass is 10.4. The summed E-state index contributed by atoms with van der Waals surface area (Å²) in [6.07, 6.45) is -0.688. The maximum absolute atomic E-state index is 11.0. The van der Waals surface area contributed by atoms with E-state index in [2.05, 4.69) is 0 Å². The lowest BCUT2D eigenvalue weighted by molar-refractivity contribution is -0.187. The van der Waals surface area contributed by atoms with Crippen LogP contribution in [0.25, 0.3) is 0 Å². The molecule has 4 nitrogen and oxygen atoms in total. The molecule has 1 aliphatic rings. The second-order valence-electron chi connectivity index (χ2n) is 2.55. The van der Waals surface area contributed by atoms with Crippen LogP contribution in [0, 0.1) is 0 Å². The van der Waals surface area contributed by atoms with Crippen LogP contribution >= 0.6 is 0 Å². The van der Waals surface area contributed by atoms with Gasteiger partial charge < -0.3 is 14.2 Å². The molecule has 0 radical (unpaired) electrons. The summed E-state index contributed by atoms with van der Waals surface area (Å²) in [5.41, 5.74) is 0. The first-order valence-corrected chi connectivity index (χ1v) is 3.60. The van der Waals surface area contributed by atoms with Gasteiger partial charge in [0.1, 0.15) is 12.9 Å². The van der Waals surface area contributed by atoms with E-state index >= 15 is 0 Å². The number of carbonyl (C=O) groups excluding carboxylic acids is 1. The fraction of sp³-hybridized carbons (Fsp3) is 0.857. The summed E-state index contributed by atoms with van der Waals surface area (Å²) in [4.78, 5) is 11.0. The molecule has 0 aromatic heterocycles. The van der Waals surface area contributed by atoms with Gasteiger partial charge in [0, 0.05) is 0 Å². The van der Waals surface area contributed by atoms with Crippen LogP contribution in [0.2, 0.25) is 0 Å². The maximum Gasteiger partial charge on any atom is 0.335 e. The van der Waals surface area contributed by atoms with Gasteiger partial charge >= 0.3 is 5.97 Å². The van der Waals surface area contributed by atoms with Crippen LogP contribution < -0.4 is 0 Å². The van der Waals surface area contributed by atoms with Gasteiger partial charge in [0.2, 0.25) is 0 Å². The molecule has 0 aliphatic carbocycles. The Morgan fingerprint density at radius 1 is 1.45 bits per heavy atom. The van der Waals surface area contributed by atoms with E-state index in [1.165, 1.54) is 0 Å². The van der Waals surface area contributed by atoms with E-state index in [1.807, 2.05) is 0 Å². The van der Waals surface area contributed by atoms with Gasteiger partial charge in [0.15, 0.2) is 6.10 Å². The van der Waals surface area contributed by atoms with E-state index in [1.54, 1.807) is 13.8 Å². The Kier molecular flexibility index (Phi) is 2.84. The van der Waals surface area contributed by atoms with Crippen molar-refractivity contribution in [1.29, 1.82) is 0 Å². The molecule has 0 bridgehead atoms. The van der Waals surface area contributed by atoms with E-state index in [-0.39, 0.29) is 18.9 Å². The molecule has 2 unspecified atom stereocenters. The Morgan fingerprint density at radius 2 is 2.18 bits per heavy atom. The van der Waals surface area contributed by atoms with Gasteiger partial charge in [-0.15, -0.1) is 0 Å². The number of carbonyl (C=O) groups is 1. The van der Waals surface area contributed by atoms with E-state index < -0.39 is 6.10 Å². The summed E-state index contributed by atoms with van der Waals surface area (Å²) in [5, 5.41) is 0. The van der Waals surface area contributed by atoms with E-state index in [0.717, 1.165) is 0 Å². The maximum atomic E-state index is 11.0. The minimum atomic E-state index is -0.516. The van der Waals surface area contributed by atoms with E-state index in [0.29, 0.717) is 6.61 Å². The van der Waals surface area contributed by atoms with Crippen molar-refractivity contribution in [3.63, 3.8) is 0 Å². The van der Waals surface area contributed by atoms with Gasteiger partial charge in [-0.2, -0.15) is 0 Å². The largest absolute Gasteiger partial charge is 0.458 e. The first kappa shape index (κ1) is 8.49. The molecule has 1 rings (SSSR count). The Morgan fingerprint density at radius 3 is 2.91 bits per heavy atom. The molecule has 0 N–H and O–H groups in total. The fourth-order valence-corrected chi connectivity index (χ4v) is 0.760. The average molecular weight is 160 g/mol. The molecule has 0 amide bonds. The van der Waals surface area contributed by atoms with E-state index in [9.17, 15) is 4.79 Å². The highest BCUT2D eigenvalue weighted by Crippen LogP contribution is 2.03. The topological polar surface area (TPSA) is 44.8 Å². The molecule has 1 fully saturated rings. The minimum absolute atomic E-state index is 0.167. The van der Waals surface area contributed by atoms with Crippen molar-refractivity contribution in [2.75, 3.05) is 13.4 Å². The van der Waals surface area contributed by atoms with Crippen LogP contribution in [0.15, 0.2) is 0 Å². The number of hydrogen-bond donors (Lipinski definition) is 0. The molecule has 0 aromatic rings. The lowest BCUT2D eigenvalue weighted by Gasteiger charge is -2.20. The van der Waals surface area contributed by atoms with Gasteiger partial charge in [0.05, 0.1) is 6.61 Å². The number of hydrogen-bond acceptors (Lipinski definition) is 4. The third-order valence-corrected chi connectivity index (χ3v) is 1.40. The molecule has 2 atom stereocenters. The van der Waals surface area contributed by atoms with Crippen molar-refractivity contribution in [2.24, 2.45) is 0 Å². The molecule has 4 heteroatoms. The number of cyclic esters (lactones) is 1. The van der Waals surface area contributed by atoms with Gasteiger partial charge in [-0.3, -0.25) is 0 Å². The molecule has 64 valence electrons.